The minimum atomic E-state index is 0.669. The van der Waals surface area contributed by atoms with Gasteiger partial charge in [-0.3, -0.25) is 9.67 Å². The van der Waals surface area contributed by atoms with E-state index in [1.807, 2.05) is 10.8 Å². The van der Waals surface area contributed by atoms with Crippen LogP contribution < -0.4 is 0 Å². The highest BCUT2D eigenvalue weighted by Crippen LogP contribution is 2.25. The Morgan fingerprint density at radius 3 is 3.00 bits per heavy atom. The van der Waals surface area contributed by atoms with Crippen LogP contribution in [-0.2, 0) is 13.0 Å². The van der Waals surface area contributed by atoms with Gasteiger partial charge in [0.05, 0.1) is 9.88 Å². The summed E-state index contributed by atoms with van der Waals surface area (Å²) in [7, 11) is 0. The fourth-order valence-electron chi connectivity index (χ4n) is 1.54. The summed E-state index contributed by atoms with van der Waals surface area (Å²) in [5, 5.41) is 8.23. The molecule has 16 heavy (non-hydrogen) atoms. The van der Waals surface area contributed by atoms with E-state index < -0.39 is 0 Å². The average Bonchev–Trinajstić information content (AvgIpc) is 2.85. The molecule has 0 spiro atoms. The number of nitrogens with zero attached hydrogens (tertiary/aromatic N) is 3. The molecule has 0 aliphatic rings. The monoisotopic (exact) mass is 254 g/mol. The summed E-state index contributed by atoms with van der Waals surface area (Å²) in [5.74, 6) is 0.896. The van der Waals surface area contributed by atoms with E-state index in [9.17, 15) is 0 Å². The Hall–Kier alpha value is -1.01. The first-order valence-electron chi connectivity index (χ1n) is 5.36. The molecule has 0 aliphatic carbocycles. The lowest BCUT2D eigenvalue weighted by Crippen LogP contribution is -1.96. The van der Waals surface area contributed by atoms with E-state index in [-0.39, 0.29) is 0 Å². The molecule has 2 aromatic heterocycles. The van der Waals surface area contributed by atoms with Crippen LogP contribution >= 0.6 is 23.6 Å². The van der Waals surface area contributed by atoms with E-state index in [1.165, 1.54) is 0 Å². The van der Waals surface area contributed by atoms with Crippen molar-refractivity contribution in [3.05, 3.63) is 16.0 Å². The van der Waals surface area contributed by atoms with Crippen LogP contribution in [0.3, 0.4) is 0 Å². The lowest BCUT2D eigenvalue weighted by Gasteiger charge is -1.98. The van der Waals surface area contributed by atoms with Gasteiger partial charge in [-0.25, -0.2) is 4.98 Å². The zero-order valence-corrected chi connectivity index (χ0v) is 11.0. The van der Waals surface area contributed by atoms with Gasteiger partial charge < -0.3 is 0 Å². The molecule has 0 aromatic carbocycles. The summed E-state index contributed by atoms with van der Waals surface area (Å²) in [6.45, 7) is 5.04. The minimum absolute atomic E-state index is 0.669. The molecule has 0 amide bonds. The van der Waals surface area contributed by atoms with Gasteiger partial charge in [0, 0.05) is 12.7 Å². The number of rotatable bonds is 4. The molecular weight excluding hydrogens is 240 g/mol. The van der Waals surface area contributed by atoms with Gasteiger partial charge in [-0.05, 0) is 32.0 Å². The Morgan fingerprint density at radius 2 is 2.31 bits per heavy atom. The maximum atomic E-state index is 5.16. The van der Waals surface area contributed by atoms with Crippen LogP contribution in [0.2, 0.25) is 0 Å². The molecule has 2 rings (SSSR count). The molecule has 6 heteroatoms. The Morgan fingerprint density at radius 1 is 1.50 bits per heavy atom. The maximum Gasteiger partial charge on any atom is 0.195 e. The van der Waals surface area contributed by atoms with Crippen molar-refractivity contribution in [2.45, 2.75) is 33.2 Å². The van der Waals surface area contributed by atoms with Gasteiger partial charge in [0.25, 0.3) is 0 Å². The fourth-order valence-corrected chi connectivity index (χ4v) is 2.82. The maximum absolute atomic E-state index is 5.16. The second kappa shape index (κ2) is 4.88. The number of aromatic nitrogens is 4. The van der Waals surface area contributed by atoms with E-state index in [0.717, 1.165) is 35.1 Å². The highest BCUT2D eigenvalue weighted by molar-refractivity contribution is 7.71. The summed E-state index contributed by atoms with van der Waals surface area (Å²) in [6.07, 6.45) is 4.03. The summed E-state index contributed by atoms with van der Waals surface area (Å²) < 4.78 is 2.65. The second-order valence-corrected chi connectivity index (χ2v) is 4.97. The number of aromatic amines is 1. The molecule has 1 N–H and O–H groups in total. The number of aryl methyl sites for hydroxylation is 1. The molecule has 2 heterocycles. The number of nitrogens with one attached hydrogen (secondary N) is 1. The van der Waals surface area contributed by atoms with Crippen molar-refractivity contribution >= 4 is 23.6 Å². The zero-order valence-electron chi connectivity index (χ0n) is 9.36. The molecule has 0 atom stereocenters. The van der Waals surface area contributed by atoms with Crippen LogP contribution in [0.4, 0.5) is 0 Å². The van der Waals surface area contributed by atoms with Crippen LogP contribution in [0, 0.1) is 4.77 Å². The molecule has 0 fully saturated rings. The normalized spacial score (nSPS) is 10.9. The van der Waals surface area contributed by atoms with Crippen molar-refractivity contribution in [1.82, 2.24) is 19.7 Å². The van der Waals surface area contributed by atoms with Crippen molar-refractivity contribution in [3.8, 4) is 10.7 Å². The first-order chi connectivity index (χ1) is 7.76. The van der Waals surface area contributed by atoms with Gasteiger partial charge in [-0.15, -0.1) is 11.3 Å². The van der Waals surface area contributed by atoms with Crippen LogP contribution in [0.15, 0.2) is 6.20 Å². The minimum Gasteiger partial charge on any atom is -0.300 e. The second-order valence-electron chi connectivity index (χ2n) is 3.46. The summed E-state index contributed by atoms with van der Waals surface area (Å²) in [6, 6.07) is 0. The molecular formula is C10H14N4S2. The van der Waals surface area contributed by atoms with E-state index in [4.69, 9.17) is 12.2 Å². The van der Waals surface area contributed by atoms with Crippen LogP contribution in [-0.4, -0.2) is 19.7 Å². The highest BCUT2D eigenvalue weighted by atomic mass is 32.1. The topological polar surface area (TPSA) is 46.5 Å². The lowest BCUT2D eigenvalue weighted by molar-refractivity contribution is 0.756. The van der Waals surface area contributed by atoms with Crippen molar-refractivity contribution < 1.29 is 0 Å². The zero-order chi connectivity index (χ0) is 11.5. The highest BCUT2D eigenvalue weighted by Gasteiger charge is 2.10. The van der Waals surface area contributed by atoms with Crippen molar-refractivity contribution in [2.24, 2.45) is 0 Å². The molecule has 0 saturated carbocycles. The molecule has 0 aliphatic heterocycles. The van der Waals surface area contributed by atoms with E-state index in [0.29, 0.717) is 4.77 Å². The van der Waals surface area contributed by atoms with Crippen LogP contribution in [0.25, 0.3) is 10.7 Å². The first-order valence-corrected chi connectivity index (χ1v) is 6.59. The number of hydrogen-bond donors (Lipinski definition) is 1. The van der Waals surface area contributed by atoms with E-state index >= 15 is 0 Å². The molecule has 0 radical (unpaired) electrons. The molecule has 4 nitrogen and oxygen atoms in total. The Kier molecular flexibility index (Phi) is 3.50. The van der Waals surface area contributed by atoms with Crippen molar-refractivity contribution in [2.75, 3.05) is 0 Å². The molecule has 86 valence electrons. The number of thiazole rings is 1. The largest absolute Gasteiger partial charge is 0.300 e. The third kappa shape index (κ3) is 2.08. The van der Waals surface area contributed by atoms with E-state index in [2.05, 4.69) is 29.0 Å². The van der Waals surface area contributed by atoms with Gasteiger partial charge in [-0.2, -0.15) is 5.10 Å². The van der Waals surface area contributed by atoms with E-state index in [1.54, 1.807) is 11.3 Å². The molecule has 0 unspecified atom stereocenters. The Balaban J connectivity index is 2.38. The van der Waals surface area contributed by atoms with Gasteiger partial charge in [-0.1, -0.05) is 6.92 Å². The average molecular weight is 254 g/mol. The molecule has 2 aromatic rings. The standard InChI is InChI=1S/C10H14N4S2/c1-3-5-8-11-6-7(16-8)9-12-13-10(15)14(9)4-2/h6H,3-5H2,1-2H3,(H,13,15). The number of hydrogen-bond acceptors (Lipinski definition) is 4. The predicted molar refractivity (Wildman–Crippen MR) is 68.2 cm³/mol. The summed E-state index contributed by atoms with van der Waals surface area (Å²) in [5.41, 5.74) is 0. The Labute approximate surface area is 103 Å². The Bertz CT molecular complexity index is 523. The van der Waals surface area contributed by atoms with Crippen molar-refractivity contribution in [1.29, 1.82) is 0 Å². The fraction of sp³-hybridized carbons (Fsp3) is 0.500. The van der Waals surface area contributed by atoms with Gasteiger partial charge in [0.1, 0.15) is 0 Å². The SMILES string of the molecule is CCCc1ncc(-c2n[nH]c(=S)n2CC)s1. The quantitative estimate of drug-likeness (QED) is 0.853. The molecule has 0 saturated heterocycles. The van der Waals surface area contributed by atoms with Gasteiger partial charge in [0.2, 0.25) is 0 Å². The van der Waals surface area contributed by atoms with Crippen LogP contribution in [0.5, 0.6) is 0 Å². The third-order valence-corrected chi connectivity index (χ3v) is 3.68. The third-order valence-electron chi connectivity index (χ3n) is 2.31. The van der Waals surface area contributed by atoms with Gasteiger partial charge >= 0.3 is 0 Å². The first kappa shape index (κ1) is 11.5. The predicted octanol–water partition coefficient (Wildman–Crippen LogP) is 3.04. The van der Waals surface area contributed by atoms with Crippen molar-refractivity contribution in [3.63, 3.8) is 0 Å². The lowest BCUT2D eigenvalue weighted by atomic mass is 10.4. The van der Waals surface area contributed by atoms with Crippen LogP contribution in [0.1, 0.15) is 25.3 Å². The molecule has 0 bridgehead atoms. The number of H-pyrrole nitrogens is 1. The summed E-state index contributed by atoms with van der Waals surface area (Å²) in [4.78, 5) is 5.47. The smallest absolute Gasteiger partial charge is 0.195 e. The van der Waals surface area contributed by atoms with Gasteiger partial charge in [0.15, 0.2) is 10.6 Å². The summed E-state index contributed by atoms with van der Waals surface area (Å²) >= 11 is 6.85.